The summed E-state index contributed by atoms with van der Waals surface area (Å²) in [5.74, 6) is -1.19. The average molecular weight is 496 g/mol. The number of rotatable bonds is 16. The molecular weight excluding hydrogens is 454 g/mol. The summed E-state index contributed by atoms with van der Waals surface area (Å²) in [5, 5.41) is 0.518. The van der Waals surface area contributed by atoms with Crippen LogP contribution in [-0.4, -0.2) is 50.6 Å². The van der Waals surface area contributed by atoms with Gasteiger partial charge in [-0.15, -0.1) is 4.28 Å². The Morgan fingerprint density at radius 2 is 1.52 bits per heavy atom. The SMILES string of the molecule is CCC(=O)OCC(C)(C)CC(C)(C)COS(=O)(=O)ON(C(N)=O)[C@@H](C)CC[C@H](CC)C(N)=O. The largest absolute Gasteiger partial charge is 0.465 e. The fourth-order valence-corrected chi connectivity index (χ4v) is 4.49. The lowest BCUT2D eigenvalue weighted by Crippen LogP contribution is -2.44. The maximum Gasteiger partial charge on any atom is 0.421 e. The van der Waals surface area contributed by atoms with Crippen molar-refractivity contribution in [3.8, 4) is 0 Å². The summed E-state index contributed by atoms with van der Waals surface area (Å²) in [7, 11) is -4.60. The summed E-state index contributed by atoms with van der Waals surface area (Å²) < 4.78 is 39.8. The third kappa shape index (κ3) is 12.8. The standard InChI is InChI=1S/C21H41N3O8S/c1-8-16(18(22)26)11-10-15(3)24(19(23)27)32-33(28,29)31-14-21(6,7)12-20(4,5)13-30-17(25)9-2/h15-16H,8-14H2,1-7H3,(H2,22,26)(H2,23,27)/t15-,16-/m0/s1. The summed E-state index contributed by atoms with van der Waals surface area (Å²) in [6.07, 6.45) is 1.86. The molecule has 194 valence electrons. The van der Waals surface area contributed by atoms with Crippen molar-refractivity contribution in [1.29, 1.82) is 0 Å². The number of nitrogens with zero attached hydrogens (tertiary/aromatic N) is 1. The van der Waals surface area contributed by atoms with E-state index in [2.05, 4.69) is 0 Å². The minimum Gasteiger partial charge on any atom is -0.465 e. The highest BCUT2D eigenvalue weighted by Crippen LogP contribution is 2.34. The van der Waals surface area contributed by atoms with E-state index in [4.69, 9.17) is 24.7 Å². The second-order valence-corrected chi connectivity index (χ2v) is 11.1. The first-order valence-electron chi connectivity index (χ1n) is 11.1. The summed E-state index contributed by atoms with van der Waals surface area (Å²) in [5.41, 5.74) is 9.56. The normalized spacial score (nSPS) is 14.4. The highest BCUT2D eigenvalue weighted by Gasteiger charge is 2.34. The molecule has 4 N–H and O–H groups in total. The number of esters is 1. The molecule has 0 saturated carbocycles. The van der Waals surface area contributed by atoms with Crippen molar-refractivity contribution >= 4 is 28.3 Å². The monoisotopic (exact) mass is 495 g/mol. The van der Waals surface area contributed by atoms with Gasteiger partial charge in [0.2, 0.25) is 5.91 Å². The van der Waals surface area contributed by atoms with Gasteiger partial charge in [-0.2, -0.15) is 13.5 Å². The first-order valence-corrected chi connectivity index (χ1v) is 12.4. The highest BCUT2D eigenvalue weighted by atomic mass is 32.3. The topological polar surface area (TPSA) is 168 Å². The molecule has 0 fully saturated rings. The molecule has 0 bridgehead atoms. The summed E-state index contributed by atoms with van der Waals surface area (Å²) in [4.78, 5) is 34.6. The summed E-state index contributed by atoms with van der Waals surface area (Å²) in [6.45, 7) is 12.4. The van der Waals surface area contributed by atoms with Gasteiger partial charge in [-0.25, -0.2) is 8.98 Å². The van der Waals surface area contributed by atoms with Gasteiger partial charge in [0.1, 0.15) is 0 Å². The fraction of sp³-hybridized carbons (Fsp3) is 0.857. The molecule has 12 heteroatoms. The maximum atomic E-state index is 12.4. The molecule has 0 spiro atoms. The Kier molecular flexibility index (Phi) is 12.3. The third-order valence-electron chi connectivity index (χ3n) is 5.08. The van der Waals surface area contributed by atoms with Crippen molar-refractivity contribution in [3.05, 3.63) is 0 Å². The van der Waals surface area contributed by atoms with E-state index in [-0.39, 0.29) is 32.0 Å². The Labute approximate surface area is 197 Å². The molecule has 0 aliphatic carbocycles. The van der Waals surface area contributed by atoms with E-state index in [1.165, 1.54) is 6.92 Å². The Bertz CT molecular complexity index is 767. The zero-order valence-electron chi connectivity index (χ0n) is 20.9. The van der Waals surface area contributed by atoms with Gasteiger partial charge in [-0.3, -0.25) is 9.59 Å². The molecule has 0 aliphatic heterocycles. The van der Waals surface area contributed by atoms with Gasteiger partial charge in [0, 0.05) is 12.3 Å². The van der Waals surface area contributed by atoms with Crippen molar-refractivity contribution in [3.63, 3.8) is 0 Å². The molecule has 11 nitrogen and oxygen atoms in total. The third-order valence-corrected chi connectivity index (χ3v) is 5.83. The number of ether oxygens (including phenoxy) is 1. The zero-order chi connectivity index (χ0) is 26.0. The Morgan fingerprint density at radius 3 is 1.97 bits per heavy atom. The predicted octanol–water partition coefficient (Wildman–Crippen LogP) is 2.64. The highest BCUT2D eigenvalue weighted by molar-refractivity contribution is 7.81. The number of carbonyl (C=O) groups excluding carboxylic acids is 3. The molecule has 0 unspecified atom stereocenters. The lowest BCUT2D eigenvalue weighted by molar-refractivity contribution is -0.147. The van der Waals surface area contributed by atoms with Crippen LogP contribution in [0.1, 0.15) is 80.6 Å². The molecule has 0 saturated heterocycles. The van der Waals surface area contributed by atoms with E-state index in [9.17, 15) is 22.8 Å². The lowest BCUT2D eigenvalue weighted by Gasteiger charge is -2.34. The van der Waals surface area contributed by atoms with Crippen LogP contribution in [0.15, 0.2) is 0 Å². The Hall–Kier alpha value is -1.92. The number of amides is 3. The molecule has 0 aromatic carbocycles. The number of urea groups is 1. The van der Waals surface area contributed by atoms with Crippen LogP contribution in [0.2, 0.25) is 0 Å². The second-order valence-electron chi connectivity index (χ2n) is 9.86. The molecule has 0 aliphatic rings. The van der Waals surface area contributed by atoms with Crippen LogP contribution in [-0.2, 0) is 33.2 Å². The van der Waals surface area contributed by atoms with Crippen LogP contribution in [0.25, 0.3) is 0 Å². The van der Waals surface area contributed by atoms with Gasteiger partial charge in [0.15, 0.2) is 0 Å². The van der Waals surface area contributed by atoms with Crippen molar-refractivity contribution in [2.75, 3.05) is 13.2 Å². The van der Waals surface area contributed by atoms with Crippen LogP contribution >= 0.6 is 0 Å². The van der Waals surface area contributed by atoms with Gasteiger partial charge >= 0.3 is 22.4 Å². The number of carbonyl (C=O) groups is 3. The van der Waals surface area contributed by atoms with E-state index < -0.39 is 45.1 Å². The maximum absolute atomic E-state index is 12.4. The van der Waals surface area contributed by atoms with Crippen LogP contribution in [0.3, 0.4) is 0 Å². The van der Waals surface area contributed by atoms with Crippen molar-refractivity contribution in [2.24, 2.45) is 28.2 Å². The number of hydrogen-bond donors (Lipinski definition) is 2. The zero-order valence-corrected chi connectivity index (χ0v) is 21.7. The van der Waals surface area contributed by atoms with Gasteiger partial charge in [0.25, 0.3) is 0 Å². The first kappa shape index (κ1) is 31.1. The van der Waals surface area contributed by atoms with E-state index in [1.807, 2.05) is 13.8 Å². The number of hydroxylamine groups is 2. The van der Waals surface area contributed by atoms with Crippen LogP contribution in [0.5, 0.6) is 0 Å². The number of primary amides is 2. The first-order chi connectivity index (χ1) is 14.9. The molecule has 3 amide bonds. The number of hydrogen-bond acceptors (Lipinski definition) is 8. The molecule has 0 rings (SSSR count). The number of nitrogens with two attached hydrogens (primary N) is 2. The smallest absolute Gasteiger partial charge is 0.421 e. The van der Waals surface area contributed by atoms with Crippen molar-refractivity contribution in [1.82, 2.24) is 5.06 Å². The minimum atomic E-state index is -4.60. The van der Waals surface area contributed by atoms with E-state index in [0.717, 1.165) is 0 Å². The quantitative estimate of drug-likeness (QED) is 0.243. The van der Waals surface area contributed by atoms with E-state index in [0.29, 0.717) is 24.3 Å². The molecule has 0 aromatic rings. The molecule has 2 atom stereocenters. The van der Waals surface area contributed by atoms with Crippen LogP contribution < -0.4 is 11.5 Å². The van der Waals surface area contributed by atoms with Gasteiger partial charge in [-0.05, 0) is 43.4 Å². The second kappa shape index (κ2) is 13.1. The van der Waals surface area contributed by atoms with Gasteiger partial charge < -0.3 is 16.2 Å². The molecule has 33 heavy (non-hydrogen) atoms. The van der Waals surface area contributed by atoms with Crippen molar-refractivity contribution < 1.29 is 36.0 Å². The van der Waals surface area contributed by atoms with Crippen LogP contribution in [0.4, 0.5) is 4.79 Å². The fourth-order valence-electron chi connectivity index (χ4n) is 3.56. The minimum absolute atomic E-state index is 0.184. The average Bonchev–Trinajstić information content (AvgIpc) is 2.68. The van der Waals surface area contributed by atoms with E-state index >= 15 is 0 Å². The Morgan fingerprint density at radius 1 is 0.970 bits per heavy atom. The molecule has 0 radical (unpaired) electrons. The van der Waals surface area contributed by atoms with E-state index in [1.54, 1.807) is 27.7 Å². The molecular formula is C21H41N3O8S. The summed E-state index contributed by atoms with van der Waals surface area (Å²) >= 11 is 0. The molecule has 0 aromatic heterocycles. The Balaban J connectivity index is 5.02. The molecule has 0 heterocycles. The van der Waals surface area contributed by atoms with Crippen LogP contribution in [0, 0.1) is 16.7 Å². The lowest BCUT2D eigenvalue weighted by atomic mass is 9.76. The predicted molar refractivity (Wildman–Crippen MR) is 122 cm³/mol. The van der Waals surface area contributed by atoms with Crippen molar-refractivity contribution in [2.45, 2.75) is 86.6 Å². The summed E-state index contributed by atoms with van der Waals surface area (Å²) in [6, 6.07) is -1.85. The van der Waals surface area contributed by atoms with Gasteiger partial charge in [0.05, 0.1) is 19.3 Å². The van der Waals surface area contributed by atoms with Gasteiger partial charge in [-0.1, -0.05) is 41.5 Å².